The molecule has 0 spiro atoms. The van der Waals surface area contributed by atoms with E-state index < -0.39 is 5.76 Å². The minimum Gasteiger partial charge on any atom is -0.339 e. The molecule has 0 unspecified atom stereocenters. The lowest BCUT2D eigenvalue weighted by molar-refractivity contribution is 0.0726. The third-order valence-corrected chi connectivity index (χ3v) is 5.16. The molecule has 1 aliphatic rings. The first-order valence-corrected chi connectivity index (χ1v) is 9.48. The van der Waals surface area contributed by atoms with Crippen LogP contribution in [0.15, 0.2) is 52.2 Å². The maximum atomic E-state index is 13.0. The van der Waals surface area contributed by atoms with Crippen LogP contribution in [0.3, 0.4) is 0 Å². The first-order valence-electron chi connectivity index (χ1n) is 9.48. The van der Waals surface area contributed by atoms with E-state index in [2.05, 4.69) is 24.7 Å². The summed E-state index contributed by atoms with van der Waals surface area (Å²) in [5.41, 5.74) is 3.51. The predicted octanol–water partition coefficient (Wildman–Crippen LogP) is 2.37. The number of piperidine rings is 1. The molecule has 0 bridgehead atoms. The Balaban J connectivity index is 1.56. The van der Waals surface area contributed by atoms with E-state index in [-0.39, 0.29) is 5.91 Å². The minimum atomic E-state index is -0.625. The van der Waals surface area contributed by atoms with Crippen LogP contribution >= 0.6 is 0 Å². The van der Waals surface area contributed by atoms with Crippen LogP contribution in [0.4, 0.5) is 0 Å². The second-order valence-corrected chi connectivity index (χ2v) is 7.03. The van der Waals surface area contributed by atoms with Gasteiger partial charge in [-0.3, -0.25) is 19.3 Å². The van der Waals surface area contributed by atoms with Crippen molar-refractivity contribution >= 4 is 11.4 Å². The molecule has 1 fully saturated rings. The van der Waals surface area contributed by atoms with Crippen LogP contribution in [-0.4, -0.2) is 48.6 Å². The van der Waals surface area contributed by atoms with Crippen LogP contribution in [0.2, 0.25) is 0 Å². The molecule has 4 aromatic rings. The highest BCUT2D eigenvalue weighted by molar-refractivity contribution is 6.01. The molecule has 0 aromatic carbocycles. The van der Waals surface area contributed by atoms with E-state index in [0.717, 1.165) is 42.7 Å². The molecule has 9 nitrogen and oxygen atoms in total. The highest BCUT2D eigenvalue weighted by atomic mass is 16.5. The normalized spacial score (nSPS) is 14.4. The molecule has 146 valence electrons. The van der Waals surface area contributed by atoms with Crippen LogP contribution in [0, 0.1) is 0 Å². The van der Waals surface area contributed by atoms with E-state index in [1.807, 2.05) is 29.2 Å². The van der Waals surface area contributed by atoms with Gasteiger partial charge in [0, 0.05) is 36.6 Å². The van der Waals surface area contributed by atoms with Gasteiger partial charge in [-0.05, 0) is 37.5 Å². The summed E-state index contributed by atoms with van der Waals surface area (Å²) in [5.74, 6) is -0.303. The fraction of sp³-hybridized carbons (Fsp3) is 0.250. The molecule has 0 atom stereocenters. The molecule has 29 heavy (non-hydrogen) atoms. The summed E-state index contributed by atoms with van der Waals surface area (Å²) in [7, 11) is 0. The van der Waals surface area contributed by atoms with Crippen LogP contribution < -0.4 is 5.76 Å². The molecule has 0 saturated carbocycles. The molecule has 5 rings (SSSR count). The fourth-order valence-electron chi connectivity index (χ4n) is 3.73. The van der Waals surface area contributed by atoms with E-state index in [1.54, 1.807) is 23.1 Å². The molecular formula is C20H18N6O3. The van der Waals surface area contributed by atoms with Crippen LogP contribution in [-0.2, 0) is 0 Å². The van der Waals surface area contributed by atoms with Gasteiger partial charge in [0.1, 0.15) is 0 Å². The number of fused-ring (bicyclic) bond motifs is 1. The quantitative estimate of drug-likeness (QED) is 0.575. The van der Waals surface area contributed by atoms with E-state index in [0.29, 0.717) is 17.0 Å². The largest absolute Gasteiger partial charge is 0.439 e. The van der Waals surface area contributed by atoms with E-state index in [4.69, 9.17) is 0 Å². The second-order valence-electron chi connectivity index (χ2n) is 7.03. The summed E-state index contributed by atoms with van der Waals surface area (Å²) in [5, 5.41) is 8.17. The lowest BCUT2D eigenvalue weighted by Crippen LogP contribution is -2.35. The van der Waals surface area contributed by atoms with Crippen molar-refractivity contribution in [2.24, 2.45) is 0 Å². The van der Waals surface area contributed by atoms with Gasteiger partial charge < -0.3 is 4.90 Å². The molecule has 0 aliphatic carbocycles. The smallest absolute Gasteiger partial charge is 0.339 e. The zero-order valence-corrected chi connectivity index (χ0v) is 15.5. The molecule has 1 N–H and O–H groups in total. The van der Waals surface area contributed by atoms with Gasteiger partial charge in [0.25, 0.3) is 5.91 Å². The van der Waals surface area contributed by atoms with Crippen molar-refractivity contribution in [3.63, 3.8) is 0 Å². The summed E-state index contributed by atoms with van der Waals surface area (Å²) in [4.78, 5) is 32.9. The zero-order chi connectivity index (χ0) is 19.8. The average molecular weight is 390 g/mol. The number of nitrogens with zero attached hydrogens (tertiary/aromatic N) is 5. The number of hydrogen-bond acceptors (Lipinski definition) is 6. The number of aromatic amines is 1. The molecule has 0 radical (unpaired) electrons. The number of pyridine rings is 2. The number of hydrogen-bond donors (Lipinski definition) is 1. The number of carbonyl (C=O) groups is 1. The van der Waals surface area contributed by atoms with Crippen molar-refractivity contribution < 1.29 is 9.32 Å². The SMILES string of the molecule is O=C(c1cnn2c(-c3cncc(-c4noc(=O)[nH]4)c3)cccc12)N1CCCCC1. The van der Waals surface area contributed by atoms with Crippen molar-refractivity contribution in [2.45, 2.75) is 19.3 Å². The maximum Gasteiger partial charge on any atom is 0.439 e. The Kier molecular flexibility index (Phi) is 4.19. The first-order chi connectivity index (χ1) is 14.2. The number of H-pyrrole nitrogens is 1. The Bertz CT molecular complexity index is 1250. The third-order valence-electron chi connectivity index (χ3n) is 5.16. The van der Waals surface area contributed by atoms with E-state index in [9.17, 15) is 9.59 Å². The summed E-state index contributed by atoms with van der Waals surface area (Å²) < 4.78 is 6.31. The Labute approximate surface area is 165 Å². The van der Waals surface area contributed by atoms with Gasteiger partial charge in [-0.2, -0.15) is 5.10 Å². The Hall–Kier alpha value is -3.75. The topological polar surface area (TPSA) is 109 Å². The number of likely N-dealkylation sites (tertiary alicyclic amines) is 1. The number of carbonyl (C=O) groups excluding carboxylic acids is 1. The van der Waals surface area contributed by atoms with Gasteiger partial charge in [0.2, 0.25) is 0 Å². The van der Waals surface area contributed by atoms with Crippen molar-refractivity contribution in [1.29, 1.82) is 0 Å². The predicted molar refractivity (Wildman–Crippen MR) is 104 cm³/mol. The van der Waals surface area contributed by atoms with Gasteiger partial charge in [-0.25, -0.2) is 9.31 Å². The van der Waals surface area contributed by atoms with Gasteiger partial charge in [0.05, 0.1) is 23.0 Å². The monoisotopic (exact) mass is 390 g/mol. The summed E-state index contributed by atoms with van der Waals surface area (Å²) in [6, 6.07) is 7.52. The standard InChI is InChI=1S/C20H18N6O3/c27-19(25-7-2-1-3-8-25)15-12-22-26-16(5-4-6-17(15)26)13-9-14(11-21-10-13)18-23-20(28)29-24-18/h4-6,9-12H,1-3,7-8H2,(H,23,24,28). The van der Waals surface area contributed by atoms with Crippen molar-refractivity contribution in [1.82, 2.24) is 29.6 Å². The van der Waals surface area contributed by atoms with Crippen LogP contribution in [0.5, 0.6) is 0 Å². The van der Waals surface area contributed by atoms with Gasteiger partial charge >= 0.3 is 5.76 Å². The number of amides is 1. The first kappa shape index (κ1) is 17.4. The third kappa shape index (κ3) is 3.10. The highest BCUT2D eigenvalue weighted by Gasteiger charge is 2.22. The Morgan fingerprint density at radius 3 is 2.69 bits per heavy atom. The minimum absolute atomic E-state index is 0.0175. The van der Waals surface area contributed by atoms with Crippen molar-refractivity contribution in [2.75, 3.05) is 13.1 Å². The van der Waals surface area contributed by atoms with Gasteiger partial charge in [-0.15, -0.1) is 0 Å². The molecular weight excluding hydrogens is 372 g/mol. The number of aromatic nitrogens is 5. The van der Waals surface area contributed by atoms with Gasteiger partial charge in [0.15, 0.2) is 5.82 Å². The molecule has 4 aromatic heterocycles. The molecule has 9 heteroatoms. The van der Waals surface area contributed by atoms with Crippen LogP contribution in [0.25, 0.3) is 28.2 Å². The molecule has 1 amide bonds. The maximum absolute atomic E-state index is 13.0. The van der Waals surface area contributed by atoms with Crippen LogP contribution in [0.1, 0.15) is 29.6 Å². The number of nitrogens with one attached hydrogen (secondary N) is 1. The lowest BCUT2D eigenvalue weighted by Gasteiger charge is -2.26. The average Bonchev–Trinajstić information content (AvgIpc) is 3.40. The summed E-state index contributed by atoms with van der Waals surface area (Å²) in [6.45, 7) is 1.58. The van der Waals surface area contributed by atoms with E-state index >= 15 is 0 Å². The zero-order valence-electron chi connectivity index (χ0n) is 15.5. The Morgan fingerprint density at radius 2 is 1.90 bits per heavy atom. The summed E-state index contributed by atoms with van der Waals surface area (Å²) >= 11 is 0. The molecule has 1 aliphatic heterocycles. The second kappa shape index (κ2) is 7.01. The van der Waals surface area contributed by atoms with Crippen molar-refractivity contribution in [3.8, 4) is 22.6 Å². The summed E-state index contributed by atoms with van der Waals surface area (Å²) in [6.07, 6.45) is 8.17. The fourth-order valence-corrected chi connectivity index (χ4v) is 3.73. The highest BCUT2D eigenvalue weighted by Crippen LogP contribution is 2.26. The number of rotatable bonds is 3. The van der Waals surface area contributed by atoms with E-state index in [1.165, 1.54) is 6.42 Å². The van der Waals surface area contributed by atoms with Crippen molar-refractivity contribution in [3.05, 3.63) is 59.0 Å². The molecule has 5 heterocycles. The van der Waals surface area contributed by atoms with Gasteiger partial charge in [-0.1, -0.05) is 11.2 Å². The Morgan fingerprint density at radius 1 is 1.07 bits per heavy atom. The molecule has 1 saturated heterocycles. The lowest BCUT2D eigenvalue weighted by atomic mass is 10.1.